The molecule has 0 spiro atoms. The van der Waals surface area contributed by atoms with E-state index in [1.165, 1.54) is 45.6 Å². The lowest BCUT2D eigenvalue weighted by atomic mass is 10.0. The summed E-state index contributed by atoms with van der Waals surface area (Å²) in [5, 5.41) is 0. The third-order valence-corrected chi connectivity index (χ3v) is 3.82. The average molecular weight is 216 g/mol. The van der Waals surface area contributed by atoms with Gasteiger partial charge in [-0.25, -0.2) is 0 Å². The van der Waals surface area contributed by atoms with Crippen molar-refractivity contribution < 1.29 is 14.7 Å². The summed E-state index contributed by atoms with van der Waals surface area (Å²) in [7, 11) is 6.84. The lowest BCUT2D eigenvalue weighted by molar-refractivity contribution is -0.972. The monoisotopic (exact) mass is 216 g/mol. The Morgan fingerprint density at radius 1 is 1.13 bits per heavy atom. The molecular weight excluding hydrogens is 186 g/mol. The van der Waals surface area contributed by atoms with Gasteiger partial charge in [0.25, 0.3) is 0 Å². The normalized spacial score (nSPS) is 29.4. The van der Waals surface area contributed by atoms with Crippen LogP contribution in [0.4, 0.5) is 0 Å². The number of likely N-dealkylation sites (N-methyl/N-ethyl adjacent to an activating group) is 2. The minimum absolute atomic E-state index is 0.943. The van der Waals surface area contributed by atoms with Gasteiger partial charge in [0.2, 0.25) is 0 Å². The molecule has 3 N–H and O–H groups in total. The van der Waals surface area contributed by atoms with Gasteiger partial charge in [-0.05, 0) is 6.92 Å². The third-order valence-electron chi connectivity index (χ3n) is 3.82. The Kier molecular flexibility index (Phi) is 5.58. The molecule has 1 fully saturated rings. The minimum atomic E-state index is 0.943. The van der Waals surface area contributed by atoms with Gasteiger partial charge in [-0.15, -0.1) is 0 Å². The van der Waals surface area contributed by atoms with Crippen molar-refractivity contribution in [1.82, 2.24) is 0 Å². The Morgan fingerprint density at radius 2 is 1.73 bits per heavy atom. The van der Waals surface area contributed by atoms with Crippen LogP contribution in [0.5, 0.6) is 0 Å². The largest absolute Gasteiger partial charge is 0.337 e. The number of piperidine rings is 1. The van der Waals surface area contributed by atoms with Crippen LogP contribution in [0.15, 0.2) is 0 Å². The summed E-state index contributed by atoms with van der Waals surface area (Å²) in [5.74, 6) is 0. The van der Waals surface area contributed by atoms with Crippen molar-refractivity contribution in [3.63, 3.8) is 0 Å². The topological polar surface area (TPSA) is 13.3 Å². The molecule has 0 bridgehead atoms. The van der Waals surface area contributed by atoms with E-state index in [9.17, 15) is 0 Å². The maximum absolute atomic E-state index is 2.34. The van der Waals surface area contributed by atoms with Crippen LogP contribution in [0.3, 0.4) is 0 Å². The first-order valence-corrected chi connectivity index (χ1v) is 6.58. The molecule has 0 aromatic rings. The minimum Gasteiger partial charge on any atom is -0.337 e. The van der Waals surface area contributed by atoms with Crippen molar-refractivity contribution >= 4 is 0 Å². The second-order valence-corrected chi connectivity index (χ2v) is 5.45. The highest BCUT2D eigenvalue weighted by molar-refractivity contribution is 4.58. The van der Waals surface area contributed by atoms with Crippen LogP contribution in [0.25, 0.3) is 0 Å². The predicted molar refractivity (Wildman–Crippen MR) is 63.7 cm³/mol. The Hall–Kier alpha value is -0.120. The maximum Gasteiger partial charge on any atom is 0.127 e. The van der Waals surface area contributed by atoms with Gasteiger partial charge in [-0.2, -0.15) is 0 Å². The molecule has 1 unspecified atom stereocenters. The lowest BCUT2D eigenvalue weighted by Crippen LogP contribution is -3.22. The summed E-state index contributed by atoms with van der Waals surface area (Å²) in [6, 6.07) is 0.943. The van der Waals surface area contributed by atoms with E-state index in [0.717, 1.165) is 6.04 Å². The van der Waals surface area contributed by atoms with Gasteiger partial charge in [0.15, 0.2) is 0 Å². The molecule has 1 aliphatic rings. The second-order valence-electron chi connectivity index (χ2n) is 5.45. The Balaban J connectivity index is 2.31. The molecule has 0 aliphatic carbocycles. The number of hydrogen-bond donors (Lipinski definition) is 3. The van der Waals surface area contributed by atoms with Crippen molar-refractivity contribution in [3.8, 4) is 0 Å². The van der Waals surface area contributed by atoms with Crippen LogP contribution >= 0.6 is 0 Å². The number of nitrogens with one attached hydrogen (secondary N) is 3. The van der Waals surface area contributed by atoms with Crippen molar-refractivity contribution in [2.45, 2.75) is 25.8 Å². The third kappa shape index (κ3) is 4.49. The smallest absolute Gasteiger partial charge is 0.127 e. The fourth-order valence-corrected chi connectivity index (χ4v) is 2.60. The quantitative estimate of drug-likeness (QED) is 0.427. The number of quaternary nitrogens is 3. The Bertz CT molecular complexity index is 162. The summed E-state index contributed by atoms with van der Waals surface area (Å²) in [4.78, 5) is 5.14. The van der Waals surface area contributed by atoms with Crippen LogP contribution in [0.2, 0.25) is 0 Å². The van der Waals surface area contributed by atoms with Crippen LogP contribution in [0, 0.1) is 0 Å². The Labute approximate surface area is 95.0 Å². The molecule has 0 radical (unpaired) electrons. The molecule has 0 saturated carbocycles. The fourth-order valence-electron chi connectivity index (χ4n) is 2.60. The second kappa shape index (κ2) is 6.46. The number of rotatable bonds is 5. The zero-order valence-corrected chi connectivity index (χ0v) is 11.0. The summed E-state index contributed by atoms with van der Waals surface area (Å²) in [6.45, 7) is 9.05. The van der Waals surface area contributed by atoms with E-state index in [4.69, 9.17) is 0 Å². The highest BCUT2D eigenvalue weighted by Gasteiger charge is 2.27. The van der Waals surface area contributed by atoms with Crippen LogP contribution in [-0.2, 0) is 0 Å². The van der Waals surface area contributed by atoms with Crippen molar-refractivity contribution in [3.05, 3.63) is 0 Å². The molecule has 1 atom stereocenters. The van der Waals surface area contributed by atoms with Crippen LogP contribution < -0.4 is 14.7 Å². The highest BCUT2D eigenvalue weighted by atomic mass is 15.2. The van der Waals surface area contributed by atoms with Crippen LogP contribution in [-0.4, -0.2) is 59.9 Å². The molecular formula is C12H30N3+3. The summed E-state index contributed by atoms with van der Waals surface area (Å²) < 4.78 is 0. The van der Waals surface area contributed by atoms with E-state index < -0.39 is 0 Å². The van der Waals surface area contributed by atoms with Gasteiger partial charge in [-0.3, -0.25) is 0 Å². The molecule has 0 aromatic carbocycles. The molecule has 90 valence electrons. The number of hydrogen-bond acceptors (Lipinski definition) is 0. The standard InChI is InChI=1S/C12H27N3/c1-5-15(11-10-13(2)3)12-6-8-14(4)9-7-12/h12H,5-11H2,1-4H3/p+3. The van der Waals surface area contributed by atoms with Crippen molar-refractivity contribution in [1.29, 1.82) is 0 Å². The average Bonchev–Trinajstić information content (AvgIpc) is 2.21. The molecule has 3 nitrogen and oxygen atoms in total. The maximum atomic E-state index is 2.34. The lowest BCUT2D eigenvalue weighted by Gasteiger charge is -2.32. The van der Waals surface area contributed by atoms with Crippen molar-refractivity contribution in [2.75, 3.05) is 53.9 Å². The van der Waals surface area contributed by atoms with E-state index in [2.05, 4.69) is 28.1 Å². The van der Waals surface area contributed by atoms with Gasteiger partial charge < -0.3 is 14.7 Å². The van der Waals surface area contributed by atoms with E-state index in [0.29, 0.717) is 0 Å². The van der Waals surface area contributed by atoms with Crippen molar-refractivity contribution in [2.24, 2.45) is 0 Å². The Morgan fingerprint density at radius 3 is 2.20 bits per heavy atom. The predicted octanol–water partition coefficient (Wildman–Crippen LogP) is -3.29. The van der Waals surface area contributed by atoms with Gasteiger partial charge in [-0.1, -0.05) is 0 Å². The van der Waals surface area contributed by atoms with E-state index in [-0.39, 0.29) is 0 Å². The molecule has 0 aromatic heterocycles. The molecule has 1 heterocycles. The zero-order chi connectivity index (χ0) is 11.3. The van der Waals surface area contributed by atoms with E-state index >= 15 is 0 Å². The molecule has 1 saturated heterocycles. The first kappa shape index (κ1) is 12.9. The summed E-state index contributed by atoms with van der Waals surface area (Å²) >= 11 is 0. The fraction of sp³-hybridized carbons (Fsp3) is 1.00. The van der Waals surface area contributed by atoms with Gasteiger partial charge in [0.1, 0.15) is 13.1 Å². The summed E-state index contributed by atoms with van der Waals surface area (Å²) in [5.41, 5.74) is 0. The van der Waals surface area contributed by atoms with E-state index in [1.54, 1.807) is 9.80 Å². The molecule has 0 amide bonds. The first-order chi connectivity index (χ1) is 7.13. The SMILES string of the molecule is CC[NH+](CC[NH+](C)C)C1CC[NH+](C)CC1. The van der Waals surface area contributed by atoms with Gasteiger partial charge in [0.05, 0.1) is 46.8 Å². The first-order valence-electron chi connectivity index (χ1n) is 6.58. The highest BCUT2D eigenvalue weighted by Crippen LogP contribution is 1.94. The zero-order valence-electron chi connectivity index (χ0n) is 11.0. The van der Waals surface area contributed by atoms with E-state index in [1.807, 2.05) is 4.90 Å². The molecule has 1 rings (SSSR count). The van der Waals surface area contributed by atoms with Crippen LogP contribution in [0.1, 0.15) is 19.8 Å². The van der Waals surface area contributed by atoms with Gasteiger partial charge >= 0.3 is 0 Å². The van der Waals surface area contributed by atoms with Gasteiger partial charge in [0, 0.05) is 12.8 Å². The molecule has 15 heavy (non-hydrogen) atoms. The molecule has 1 aliphatic heterocycles. The molecule has 3 heteroatoms. The summed E-state index contributed by atoms with van der Waals surface area (Å²) in [6.07, 6.45) is 2.86. The number of likely N-dealkylation sites (tertiary alicyclic amines) is 1.